The van der Waals surface area contributed by atoms with Crippen LogP contribution in [0.25, 0.3) is 0 Å². The lowest BCUT2D eigenvalue weighted by molar-refractivity contribution is -0.127. The number of halogens is 1. The van der Waals surface area contributed by atoms with Crippen molar-refractivity contribution >= 4 is 34.8 Å². The molecule has 4 N–H and O–H groups in total. The summed E-state index contributed by atoms with van der Waals surface area (Å²) < 4.78 is 0. The molecule has 1 aromatic carbocycles. The highest BCUT2D eigenvalue weighted by Crippen LogP contribution is 2.32. The van der Waals surface area contributed by atoms with E-state index in [-0.39, 0.29) is 18.0 Å². The summed E-state index contributed by atoms with van der Waals surface area (Å²) in [7, 11) is 3.32. The van der Waals surface area contributed by atoms with Crippen molar-refractivity contribution in [3.8, 4) is 0 Å². The summed E-state index contributed by atoms with van der Waals surface area (Å²) in [5, 5.41) is 0.298. The van der Waals surface area contributed by atoms with Gasteiger partial charge in [-0.1, -0.05) is 11.6 Å². The quantitative estimate of drug-likeness (QED) is 0.791. The summed E-state index contributed by atoms with van der Waals surface area (Å²) in [6.45, 7) is 2.47. The van der Waals surface area contributed by atoms with Crippen LogP contribution >= 0.6 is 11.6 Å². The van der Waals surface area contributed by atoms with E-state index < -0.39 is 5.91 Å². The third-order valence-corrected chi connectivity index (χ3v) is 3.16. The van der Waals surface area contributed by atoms with Gasteiger partial charge in [0.25, 0.3) is 5.91 Å². The second-order valence-corrected chi connectivity index (χ2v) is 4.97. The maximum Gasteiger partial charge on any atom is 0.250 e. The van der Waals surface area contributed by atoms with Gasteiger partial charge in [-0.15, -0.1) is 0 Å². The first-order valence-electron chi connectivity index (χ1n) is 6.11. The zero-order chi connectivity index (χ0) is 15.4. The Labute approximate surface area is 123 Å². The summed E-state index contributed by atoms with van der Waals surface area (Å²) in [5.74, 6) is -0.736. The minimum atomic E-state index is -0.634. The molecule has 0 heterocycles. The third-order valence-electron chi connectivity index (χ3n) is 2.87. The smallest absolute Gasteiger partial charge is 0.250 e. The Balaban J connectivity index is 3.27. The number of hydrogen-bond donors (Lipinski definition) is 2. The molecule has 0 unspecified atom stereocenters. The number of nitrogen functional groups attached to an aromatic ring is 1. The number of likely N-dealkylation sites (N-methyl/N-ethyl adjacent to an activating group) is 2. The van der Waals surface area contributed by atoms with Gasteiger partial charge in [-0.2, -0.15) is 0 Å². The predicted octanol–water partition coefficient (Wildman–Crippen LogP) is 0.936. The topological polar surface area (TPSA) is 92.7 Å². The third kappa shape index (κ3) is 3.54. The second-order valence-electron chi connectivity index (χ2n) is 4.57. The van der Waals surface area contributed by atoms with Crippen molar-refractivity contribution in [1.29, 1.82) is 0 Å². The van der Waals surface area contributed by atoms with Gasteiger partial charge < -0.3 is 21.3 Å². The van der Waals surface area contributed by atoms with Crippen LogP contribution in [-0.2, 0) is 4.79 Å². The molecule has 0 aromatic heterocycles. The fraction of sp³-hybridized carbons (Fsp3) is 0.385. The Morgan fingerprint density at radius 3 is 2.35 bits per heavy atom. The van der Waals surface area contributed by atoms with Crippen molar-refractivity contribution in [2.24, 2.45) is 5.73 Å². The molecular formula is C13H19ClN4O2. The van der Waals surface area contributed by atoms with Crippen LogP contribution in [0.5, 0.6) is 0 Å². The number of benzene rings is 1. The molecule has 1 aromatic rings. The maximum atomic E-state index is 11.8. The van der Waals surface area contributed by atoms with Crippen molar-refractivity contribution in [3.63, 3.8) is 0 Å². The highest BCUT2D eigenvalue weighted by Gasteiger charge is 2.20. The summed E-state index contributed by atoms with van der Waals surface area (Å²) in [4.78, 5) is 26.6. The maximum absolute atomic E-state index is 11.8. The van der Waals surface area contributed by atoms with Gasteiger partial charge in [-0.25, -0.2) is 0 Å². The average molecular weight is 299 g/mol. The Hall–Kier alpha value is -1.95. The van der Waals surface area contributed by atoms with E-state index in [9.17, 15) is 9.59 Å². The van der Waals surface area contributed by atoms with E-state index in [1.807, 2.05) is 6.92 Å². The Morgan fingerprint density at radius 2 is 1.90 bits per heavy atom. The molecule has 7 heteroatoms. The van der Waals surface area contributed by atoms with Crippen LogP contribution in [0.1, 0.15) is 17.3 Å². The van der Waals surface area contributed by atoms with Crippen molar-refractivity contribution < 1.29 is 9.59 Å². The minimum Gasteiger partial charge on any atom is -0.399 e. The summed E-state index contributed by atoms with van der Waals surface area (Å²) in [6.07, 6.45) is 0. The monoisotopic (exact) mass is 298 g/mol. The van der Waals surface area contributed by atoms with Crippen molar-refractivity contribution in [2.45, 2.75) is 6.92 Å². The molecule has 0 aliphatic carbocycles. The van der Waals surface area contributed by atoms with Crippen LogP contribution < -0.4 is 16.4 Å². The van der Waals surface area contributed by atoms with Crippen molar-refractivity contribution in [1.82, 2.24) is 4.90 Å². The standard InChI is InChI=1S/C13H19ClN4O2/c1-4-18(7-11(19)17(2)3)12-9(13(16)20)5-8(15)6-10(12)14/h5-6H,4,7,15H2,1-3H3,(H2,16,20). The number of nitrogens with zero attached hydrogens (tertiary/aromatic N) is 2. The molecule has 20 heavy (non-hydrogen) atoms. The highest BCUT2D eigenvalue weighted by atomic mass is 35.5. The first kappa shape index (κ1) is 16.1. The van der Waals surface area contributed by atoms with Gasteiger partial charge in [-0.05, 0) is 19.1 Å². The fourth-order valence-corrected chi connectivity index (χ4v) is 2.13. The predicted molar refractivity (Wildman–Crippen MR) is 81.0 cm³/mol. The van der Waals surface area contributed by atoms with Crippen LogP contribution in [0.2, 0.25) is 5.02 Å². The Morgan fingerprint density at radius 1 is 1.30 bits per heavy atom. The number of hydrogen-bond acceptors (Lipinski definition) is 4. The first-order valence-corrected chi connectivity index (χ1v) is 6.49. The van der Waals surface area contributed by atoms with Crippen molar-refractivity contribution in [2.75, 3.05) is 37.8 Å². The van der Waals surface area contributed by atoms with Crippen LogP contribution in [0.3, 0.4) is 0 Å². The lowest BCUT2D eigenvalue weighted by Crippen LogP contribution is -2.37. The lowest BCUT2D eigenvalue weighted by Gasteiger charge is -2.27. The summed E-state index contributed by atoms with van der Waals surface area (Å²) in [5.41, 5.74) is 12.0. The largest absolute Gasteiger partial charge is 0.399 e. The molecule has 0 fully saturated rings. The van der Waals surface area contributed by atoms with Gasteiger partial charge in [0.15, 0.2) is 0 Å². The molecule has 0 saturated heterocycles. The van der Waals surface area contributed by atoms with Gasteiger partial charge in [0.2, 0.25) is 5.91 Å². The number of carbonyl (C=O) groups is 2. The molecule has 0 spiro atoms. The van der Waals surface area contributed by atoms with Crippen LogP contribution in [-0.4, -0.2) is 43.9 Å². The van der Waals surface area contributed by atoms with E-state index >= 15 is 0 Å². The van der Waals surface area contributed by atoms with E-state index in [0.29, 0.717) is 22.9 Å². The number of primary amides is 1. The molecule has 0 aliphatic heterocycles. The van der Waals surface area contributed by atoms with E-state index in [1.165, 1.54) is 17.0 Å². The van der Waals surface area contributed by atoms with E-state index in [4.69, 9.17) is 23.1 Å². The minimum absolute atomic E-state index is 0.102. The normalized spacial score (nSPS) is 10.2. The van der Waals surface area contributed by atoms with Gasteiger partial charge in [-0.3, -0.25) is 9.59 Å². The lowest BCUT2D eigenvalue weighted by atomic mass is 10.1. The molecule has 2 amide bonds. The van der Waals surface area contributed by atoms with Gasteiger partial charge in [0, 0.05) is 26.3 Å². The molecule has 0 aliphatic rings. The molecule has 0 atom stereocenters. The van der Waals surface area contributed by atoms with E-state index in [0.717, 1.165) is 0 Å². The molecule has 0 bridgehead atoms. The number of anilines is 2. The van der Waals surface area contributed by atoms with E-state index in [1.54, 1.807) is 19.0 Å². The first-order chi connectivity index (χ1) is 9.27. The molecule has 1 rings (SSSR count). The number of nitrogens with two attached hydrogens (primary N) is 2. The van der Waals surface area contributed by atoms with Crippen LogP contribution in [0.4, 0.5) is 11.4 Å². The Kier molecular flexibility index (Phi) is 5.21. The number of rotatable bonds is 5. The Bertz CT molecular complexity index is 531. The number of carbonyl (C=O) groups excluding carboxylic acids is 2. The zero-order valence-corrected chi connectivity index (χ0v) is 12.6. The van der Waals surface area contributed by atoms with Crippen molar-refractivity contribution in [3.05, 3.63) is 22.7 Å². The SMILES string of the molecule is CCN(CC(=O)N(C)C)c1c(Cl)cc(N)cc1C(N)=O. The molecule has 0 saturated carbocycles. The zero-order valence-electron chi connectivity index (χ0n) is 11.8. The summed E-state index contributed by atoms with van der Waals surface area (Å²) in [6, 6.07) is 3.00. The number of amides is 2. The second kappa shape index (κ2) is 6.47. The van der Waals surface area contributed by atoms with Crippen LogP contribution in [0, 0.1) is 0 Å². The molecular weight excluding hydrogens is 280 g/mol. The van der Waals surface area contributed by atoms with Gasteiger partial charge in [0.05, 0.1) is 22.8 Å². The van der Waals surface area contributed by atoms with Gasteiger partial charge >= 0.3 is 0 Å². The molecule has 0 radical (unpaired) electrons. The molecule has 6 nitrogen and oxygen atoms in total. The van der Waals surface area contributed by atoms with Gasteiger partial charge in [0.1, 0.15) is 0 Å². The average Bonchev–Trinajstić information content (AvgIpc) is 2.35. The fourth-order valence-electron chi connectivity index (χ4n) is 1.78. The van der Waals surface area contributed by atoms with E-state index in [2.05, 4.69) is 0 Å². The molecule has 110 valence electrons. The van der Waals surface area contributed by atoms with Crippen LogP contribution in [0.15, 0.2) is 12.1 Å². The summed E-state index contributed by atoms with van der Waals surface area (Å²) >= 11 is 6.16. The highest BCUT2D eigenvalue weighted by molar-refractivity contribution is 6.34.